The Morgan fingerprint density at radius 1 is 1.05 bits per heavy atom. The Balaban J connectivity index is 2.09. The van der Waals surface area contributed by atoms with Crippen LogP contribution in [-0.4, -0.2) is 16.0 Å². The second-order valence-electron chi connectivity index (χ2n) is 4.46. The minimum Gasteiger partial charge on any atom is -0.232 e. The van der Waals surface area contributed by atoms with Gasteiger partial charge < -0.3 is 0 Å². The van der Waals surface area contributed by atoms with Crippen molar-refractivity contribution in [3.8, 4) is 16.9 Å². The molecule has 0 saturated heterocycles. The molecule has 3 rings (SSSR count). The third kappa shape index (κ3) is 2.89. The lowest BCUT2D eigenvalue weighted by Gasteiger charge is -2.09. The lowest BCUT2D eigenvalue weighted by Crippen LogP contribution is -1.99. The van der Waals surface area contributed by atoms with Gasteiger partial charge >= 0.3 is 0 Å². The van der Waals surface area contributed by atoms with Crippen molar-refractivity contribution in [2.45, 2.75) is 4.90 Å². The zero-order valence-corrected chi connectivity index (χ0v) is 13.7. The summed E-state index contributed by atoms with van der Waals surface area (Å²) in [6.07, 6.45) is 3.80. The summed E-state index contributed by atoms with van der Waals surface area (Å²) >= 11 is 5.24. The molecule has 106 valence electrons. The minimum atomic E-state index is -0.254. The molecule has 0 aliphatic heterocycles. The lowest BCUT2D eigenvalue weighted by molar-refractivity contribution is 0.627. The number of nitrogens with zero attached hydrogens (tertiary/aromatic N) is 2. The first kappa shape index (κ1) is 14.4. The van der Waals surface area contributed by atoms with E-state index in [1.807, 2.05) is 6.26 Å². The first-order chi connectivity index (χ1) is 10.2. The molecule has 1 heterocycles. The first-order valence-corrected chi connectivity index (χ1v) is 8.34. The normalized spacial score (nSPS) is 10.8. The van der Waals surface area contributed by atoms with E-state index in [-0.39, 0.29) is 5.82 Å². The monoisotopic (exact) mass is 362 g/mol. The van der Waals surface area contributed by atoms with Gasteiger partial charge in [0, 0.05) is 10.5 Å². The highest BCUT2D eigenvalue weighted by atomic mass is 79.9. The molecule has 0 radical (unpaired) electrons. The second kappa shape index (κ2) is 6.03. The summed E-state index contributed by atoms with van der Waals surface area (Å²) in [5, 5.41) is 4.38. The molecule has 21 heavy (non-hydrogen) atoms. The molecule has 0 N–H and O–H groups in total. The highest BCUT2D eigenvalue weighted by molar-refractivity contribution is 9.10. The van der Waals surface area contributed by atoms with Gasteiger partial charge in [-0.25, -0.2) is 9.07 Å². The van der Waals surface area contributed by atoms with E-state index in [4.69, 9.17) is 0 Å². The van der Waals surface area contributed by atoms with Crippen LogP contribution >= 0.6 is 27.7 Å². The van der Waals surface area contributed by atoms with E-state index >= 15 is 0 Å². The van der Waals surface area contributed by atoms with E-state index in [9.17, 15) is 4.39 Å². The summed E-state index contributed by atoms with van der Waals surface area (Å²) in [6.45, 7) is 0. The van der Waals surface area contributed by atoms with Crippen molar-refractivity contribution in [3.05, 3.63) is 65.0 Å². The molecule has 0 saturated carbocycles. The van der Waals surface area contributed by atoms with Crippen molar-refractivity contribution in [3.63, 3.8) is 0 Å². The standard InChI is InChI=1S/C16H12BrFN2S/c1-21-14-8-2-11(3-9-14)16-15(17)10-19-20(16)13-6-4-12(18)5-7-13/h2-10H,1H3. The molecule has 0 aliphatic rings. The van der Waals surface area contributed by atoms with Crippen LogP contribution in [0.25, 0.3) is 16.9 Å². The van der Waals surface area contributed by atoms with Crippen LogP contribution in [0.1, 0.15) is 0 Å². The molecule has 0 atom stereocenters. The van der Waals surface area contributed by atoms with Gasteiger partial charge in [0.15, 0.2) is 0 Å². The number of aromatic nitrogens is 2. The van der Waals surface area contributed by atoms with Crippen LogP contribution in [0.15, 0.2) is 64.1 Å². The maximum absolute atomic E-state index is 13.1. The summed E-state index contributed by atoms with van der Waals surface area (Å²) in [6, 6.07) is 14.6. The number of benzene rings is 2. The number of hydrogen-bond donors (Lipinski definition) is 0. The fourth-order valence-electron chi connectivity index (χ4n) is 2.12. The molecule has 0 aliphatic carbocycles. The van der Waals surface area contributed by atoms with Gasteiger partial charge in [-0.1, -0.05) is 12.1 Å². The Labute approximate surface area is 135 Å². The van der Waals surface area contributed by atoms with Crippen LogP contribution in [0, 0.1) is 5.82 Å². The van der Waals surface area contributed by atoms with Gasteiger partial charge in [-0.2, -0.15) is 5.10 Å². The molecule has 0 fully saturated rings. The molecule has 5 heteroatoms. The largest absolute Gasteiger partial charge is 0.232 e. The molecule has 1 aromatic heterocycles. The minimum absolute atomic E-state index is 0.254. The summed E-state index contributed by atoms with van der Waals surface area (Å²) < 4.78 is 15.8. The third-order valence-electron chi connectivity index (χ3n) is 3.16. The van der Waals surface area contributed by atoms with Crippen molar-refractivity contribution in [2.24, 2.45) is 0 Å². The third-order valence-corrected chi connectivity index (χ3v) is 4.48. The van der Waals surface area contributed by atoms with Gasteiger partial charge in [-0.15, -0.1) is 11.8 Å². The maximum atomic E-state index is 13.1. The fourth-order valence-corrected chi connectivity index (χ4v) is 3.01. The maximum Gasteiger partial charge on any atom is 0.123 e. The Morgan fingerprint density at radius 3 is 2.33 bits per heavy atom. The summed E-state index contributed by atoms with van der Waals surface area (Å²) in [4.78, 5) is 1.21. The van der Waals surface area contributed by atoms with Gasteiger partial charge in [0.05, 0.1) is 22.1 Å². The Kier molecular flexibility index (Phi) is 4.12. The Morgan fingerprint density at radius 2 is 1.71 bits per heavy atom. The highest BCUT2D eigenvalue weighted by Gasteiger charge is 2.12. The zero-order valence-electron chi connectivity index (χ0n) is 11.3. The number of rotatable bonds is 3. The molecular weight excluding hydrogens is 351 g/mol. The van der Waals surface area contributed by atoms with Crippen molar-refractivity contribution >= 4 is 27.7 Å². The number of hydrogen-bond acceptors (Lipinski definition) is 2. The number of halogens is 2. The van der Waals surface area contributed by atoms with Gasteiger partial charge in [-0.3, -0.25) is 0 Å². The quantitative estimate of drug-likeness (QED) is 0.598. The van der Waals surface area contributed by atoms with Gasteiger partial charge in [0.2, 0.25) is 0 Å². The van der Waals surface area contributed by atoms with Crippen molar-refractivity contribution in [1.82, 2.24) is 9.78 Å². The van der Waals surface area contributed by atoms with E-state index in [1.54, 1.807) is 34.8 Å². The molecule has 0 spiro atoms. The molecule has 3 aromatic rings. The van der Waals surface area contributed by atoms with E-state index in [0.717, 1.165) is 21.4 Å². The van der Waals surface area contributed by atoms with Crippen molar-refractivity contribution in [1.29, 1.82) is 0 Å². The van der Waals surface area contributed by atoms with E-state index in [0.29, 0.717) is 0 Å². The average Bonchev–Trinajstić information content (AvgIpc) is 2.90. The van der Waals surface area contributed by atoms with Gasteiger partial charge in [0.25, 0.3) is 0 Å². The van der Waals surface area contributed by atoms with E-state index in [2.05, 4.69) is 45.3 Å². The van der Waals surface area contributed by atoms with Crippen LogP contribution in [0.2, 0.25) is 0 Å². The molecule has 2 nitrogen and oxygen atoms in total. The van der Waals surface area contributed by atoms with Crippen LogP contribution in [0.3, 0.4) is 0 Å². The predicted molar refractivity (Wildman–Crippen MR) is 88.4 cm³/mol. The molecule has 0 amide bonds. The molecule has 0 bridgehead atoms. The smallest absolute Gasteiger partial charge is 0.123 e. The summed E-state index contributed by atoms with van der Waals surface area (Å²) in [5.74, 6) is -0.254. The lowest BCUT2D eigenvalue weighted by atomic mass is 10.1. The van der Waals surface area contributed by atoms with Gasteiger partial charge in [-0.05, 0) is 58.6 Å². The van der Waals surface area contributed by atoms with E-state index in [1.165, 1.54) is 17.0 Å². The van der Waals surface area contributed by atoms with Crippen LogP contribution < -0.4 is 0 Å². The van der Waals surface area contributed by atoms with E-state index < -0.39 is 0 Å². The second-order valence-corrected chi connectivity index (χ2v) is 6.19. The summed E-state index contributed by atoms with van der Waals surface area (Å²) in [7, 11) is 0. The Bertz CT molecular complexity index is 751. The van der Waals surface area contributed by atoms with Crippen molar-refractivity contribution < 1.29 is 4.39 Å². The summed E-state index contributed by atoms with van der Waals surface area (Å²) in [5.41, 5.74) is 2.84. The molecular formula is C16H12BrFN2S. The van der Waals surface area contributed by atoms with Crippen LogP contribution in [-0.2, 0) is 0 Å². The van der Waals surface area contributed by atoms with Crippen LogP contribution in [0.5, 0.6) is 0 Å². The zero-order chi connectivity index (χ0) is 14.8. The van der Waals surface area contributed by atoms with Crippen LogP contribution in [0.4, 0.5) is 4.39 Å². The predicted octanol–water partition coefficient (Wildman–Crippen LogP) is 5.16. The van der Waals surface area contributed by atoms with Gasteiger partial charge in [0.1, 0.15) is 5.82 Å². The van der Waals surface area contributed by atoms with Crippen molar-refractivity contribution in [2.75, 3.05) is 6.26 Å². The fraction of sp³-hybridized carbons (Fsp3) is 0.0625. The average molecular weight is 363 g/mol. The highest BCUT2D eigenvalue weighted by Crippen LogP contribution is 2.31. The molecule has 0 unspecified atom stereocenters. The number of thioether (sulfide) groups is 1. The Hall–Kier alpha value is -1.59. The SMILES string of the molecule is CSc1ccc(-c2c(Br)cnn2-c2ccc(F)cc2)cc1. The molecule has 2 aromatic carbocycles. The first-order valence-electron chi connectivity index (χ1n) is 6.33. The topological polar surface area (TPSA) is 17.8 Å².